The monoisotopic (exact) mass is 526 g/mol. The SMILES string of the molecule is N/C(=N\C(NCC1CC(F)(F)CCN1)=C(\F)CI)c1c[nH]c2ncc(Cl)cc12. The molecule has 3 rings (SSSR count). The van der Waals surface area contributed by atoms with E-state index in [4.69, 9.17) is 17.3 Å². The Hall–Kier alpha value is -1.53. The van der Waals surface area contributed by atoms with Gasteiger partial charge in [-0.2, -0.15) is 0 Å². The molecule has 0 bridgehead atoms. The van der Waals surface area contributed by atoms with Crippen LogP contribution in [0.2, 0.25) is 5.02 Å². The van der Waals surface area contributed by atoms with Gasteiger partial charge in [-0.05, 0) is 6.07 Å². The maximum atomic E-state index is 14.3. The van der Waals surface area contributed by atoms with Crippen molar-refractivity contribution >= 4 is 51.1 Å². The summed E-state index contributed by atoms with van der Waals surface area (Å²) in [6, 6.07) is 1.19. The highest BCUT2D eigenvalue weighted by molar-refractivity contribution is 14.1. The summed E-state index contributed by atoms with van der Waals surface area (Å²) in [7, 11) is 0. The van der Waals surface area contributed by atoms with Crippen LogP contribution in [0.25, 0.3) is 11.0 Å². The van der Waals surface area contributed by atoms with Gasteiger partial charge in [0.2, 0.25) is 0 Å². The summed E-state index contributed by atoms with van der Waals surface area (Å²) >= 11 is 7.84. The van der Waals surface area contributed by atoms with Gasteiger partial charge >= 0.3 is 0 Å². The fraction of sp³-hybridized carbons (Fsp3) is 0.412. The molecule has 1 aliphatic heterocycles. The number of fused-ring (bicyclic) bond motifs is 1. The first-order valence-corrected chi connectivity index (χ1v) is 10.5. The molecule has 0 spiro atoms. The first-order valence-electron chi connectivity index (χ1n) is 8.56. The molecule has 0 saturated carbocycles. The number of H-pyrrole nitrogens is 1. The highest BCUT2D eigenvalue weighted by Gasteiger charge is 2.35. The Labute approximate surface area is 178 Å². The normalized spacial score (nSPS) is 20.9. The molecule has 1 fully saturated rings. The van der Waals surface area contributed by atoms with Crippen molar-refractivity contribution in [2.75, 3.05) is 17.5 Å². The molecule has 28 heavy (non-hydrogen) atoms. The van der Waals surface area contributed by atoms with Crippen LogP contribution in [0.15, 0.2) is 35.1 Å². The average Bonchev–Trinajstić information content (AvgIpc) is 3.06. The molecule has 6 nitrogen and oxygen atoms in total. The largest absolute Gasteiger partial charge is 0.383 e. The number of nitrogens with two attached hydrogens (primary N) is 1. The second-order valence-electron chi connectivity index (χ2n) is 6.48. The minimum absolute atomic E-state index is 0.0553. The van der Waals surface area contributed by atoms with Gasteiger partial charge in [-0.1, -0.05) is 34.2 Å². The number of hydrogen-bond donors (Lipinski definition) is 4. The van der Waals surface area contributed by atoms with E-state index in [2.05, 4.69) is 25.6 Å². The number of alkyl halides is 3. The van der Waals surface area contributed by atoms with Crippen molar-refractivity contribution in [2.45, 2.75) is 24.8 Å². The fourth-order valence-corrected chi connectivity index (χ4v) is 3.51. The lowest BCUT2D eigenvalue weighted by molar-refractivity contribution is -0.0405. The van der Waals surface area contributed by atoms with E-state index in [0.29, 0.717) is 21.6 Å². The summed E-state index contributed by atoms with van der Waals surface area (Å²) in [6.45, 7) is 0.314. The molecule has 152 valence electrons. The van der Waals surface area contributed by atoms with Gasteiger partial charge in [-0.15, -0.1) is 0 Å². The molecule has 5 N–H and O–H groups in total. The molecule has 0 radical (unpaired) electrons. The standard InChI is InChI=1S/C17H19ClF3IN6/c18-9-3-11-12(8-27-15(11)25-6-9)14(23)28-16(13(19)5-22)26-7-10-4-17(20,21)1-2-24-10/h3,6,8,10,24,26H,1-2,4-5,7H2,(H2,23,28)(H,25,27)/b16-13+. The summed E-state index contributed by atoms with van der Waals surface area (Å²) in [6.07, 6.45) is 2.59. The minimum Gasteiger partial charge on any atom is -0.383 e. The molecule has 0 aliphatic carbocycles. The quantitative estimate of drug-likeness (QED) is 0.201. The Balaban J connectivity index is 1.81. The van der Waals surface area contributed by atoms with Crippen molar-refractivity contribution in [1.82, 2.24) is 20.6 Å². The highest BCUT2D eigenvalue weighted by Crippen LogP contribution is 2.27. The lowest BCUT2D eigenvalue weighted by Gasteiger charge is -2.30. The third-order valence-corrected chi connectivity index (χ3v) is 5.24. The first-order chi connectivity index (χ1) is 13.3. The van der Waals surface area contributed by atoms with Gasteiger partial charge in [0.1, 0.15) is 11.5 Å². The number of aliphatic imine (C=N–C) groups is 1. The van der Waals surface area contributed by atoms with Crippen molar-refractivity contribution in [1.29, 1.82) is 0 Å². The van der Waals surface area contributed by atoms with Gasteiger partial charge in [0.15, 0.2) is 11.6 Å². The second-order valence-corrected chi connectivity index (χ2v) is 7.68. The zero-order valence-corrected chi connectivity index (χ0v) is 17.6. The Morgan fingerprint density at radius 2 is 2.29 bits per heavy atom. The Bertz CT molecular complexity index is 913. The molecule has 1 aliphatic rings. The van der Waals surface area contributed by atoms with E-state index in [9.17, 15) is 13.2 Å². The predicted molar refractivity (Wildman–Crippen MR) is 113 cm³/mol. The predicted octanol–water partition coefficient (Wildman–Crippen LogP) is 3.47. The topological polar surface area (TPSA) is 91.1 Å². The third kappa shape index (κ3) is 5.09. The molecular formula is C17H19ClF3IN6. The summed E-state index contributed by atoms with van der Waals surface area (Å²) in [4.78, 5) is 11.3. The minimum atomic E-state index is -2.72. The molecule has 1 unspecified atom stereocenters. The van der Waals surface area contributed by atoms with Crippen LogP contribution in [-0.2, 0) is 0 Å². The number of nitrogens with one attached hydrogen (secondary N) is 3. The Morgan fingerprint density at radius 3 is 3.00 bits per heavy atom. The molecule has 0 amide bonds. The summed E-state index contributed by atoms with van der Waals surface area (Å²) in [5, 5.41) is 6.89. The van der Waals surface area contributed by atoms with E-state index in [1.165, 1.54) is 6.20 Å². The van der Waals surface area contributed by atoms with Crippen LogP contribution >= 0.6 is 34.2 Å². The number of allylic oxidation sites excluding steroid dienone is 1. The van der Waals surface area contributed by atoms with Crippen molar-refractivity contribution in [3.63, 3.8) is 0 Å². The lowest BCUT2D eigenvalue weighted by Crippen LogP contribution is -2.48. The van der Waals surface area contributed by atoms with E-state index in [1.54, 1.807) is 12.3 Å². The molecule has 1 saturated heterocycles. The van der Waals surface area contributed by atoms with Crippen LogP contribution in [0.4, 0.5) is 13.2 Å². The molecular weight excluding hydrogens is 508 g/mol. The van der Waals surface area contributed by atoms with Crippen molar-refractivity contribution < 1.29 is 13.2 Å². The van der Waals surface area contributed by atoms with Gasteiger partial charge in [-0.3, -0.25) is 0 Å². The van der Waals surface area contributed by atoms with Crippen LogP contribution in [0.5, 0.6) is 0 Å². The third-order valence-electron chi connectivity index (χ3n) is 4.36. The number of aromatic amines is 1. The molecule has 3 heterocycles. The number of nitrogens with zero attached hydrogens (tertiary/aromatic N) is 2. The highest BCUT2D eigenvalue weighted by atomic mass is 127. The van der Waals surface area contributed by atoms with Crippen molar-refractivity contribution in [2.24, 2.45) is 10.7 Å². The van der Waals surface area contributed by atoms with E-state index in [1.807, 2.05) is 22.6 Å². The van der Waals surface area contributed by atoms with E-state index in [-0.39, 0.29) is 42.0 Å². The van der Waals surface area contributed by atoms with Crippen LogP contribution in [0.1, 0.15) is 18.4 Å². The molecule has 2 aromatic heterocycles. The smallest absolute Gasteiger partial charge is 0.250 e. The zero-order chi connectivity index (χ0) is 20.3. The number of piperidine rings is 1. The van der Waals surface area contributed by atoms with Crippen LogP contribution in [0, 0.1) is 0 Å². The lowest BCUT2D eigenvalue weighted by atomic mass is 10.0. The van der Waals surface area contributed by atoms with Crippen LogP contribution in [-0.4, -0.2) is 45.3 Å². The summed E-state index contributed by atoms with van der Waals surface area (Å²) < 4.78 is 41.5. The van der Waals surface area contributed by atoms with Gasteiger partial charge < -0.3 is 21.4 Å². The summed E-state index contributed by atoms with van der Waals surface area (Å²) in [5.41, 5.74) is 7.17. The Morgan fingerprint density at radius 1 is 1.50 bits per heavy atom. The molecule has 2 aromatic rings. The van der Waals surface area contributed by atoms with Gasteiger partial charge in [0, 0.05) is 55.3 Å². The zero-order valence-electron chi connectivity index (χ0n) is 14.7. The summed E-state index contributed by atoms with van der Waals surface area (Å²) in [5.74, 6) is -3.27. The first kappa shape index (κ1) is 21.2. The number of aromatic nitrogens is 2. The average molecular weight is 527 g/mol. The van der Waals surface area contributed by atoms with Crippen LogP contribution in [0.3, 0.4) is 0 Å². The van der Waals surface area contributed by atoms with E-state index in [0.717, 1.165) is 0 Å². The Kier molecular flexibility index (Phi) is 6.71. The van der Waals surface area contributed by atoms with Gasteiger partial charge in [-0.25, -0.2) is 23.1 Å². The number of rotatable bonds is 6. The number of amidine groups is 1. The van der Waals surface area contributed by atoms with E-state index >= 15 is 0 Å². The maximum absolute atomic E-state index is 14.3. The molecule has 1 atom stereocenters. The number of pyridine rings is 1. The molecule has 11 heteroatoms. The number of hydrogen-bond acceptors (Lipinski definition) is 4. The molecule has 0 aromatic carbocycles. The maximum Gasteiger partial charge on any atom is 0.250 e. The van der Waals surface area contributed by atoms with Gasteiger partial charge in [0.25, 0.3) is 5.92 Å². The number of halogens is 5. The second kappa shape index (κ2) is 8.87. The fourth-order valence-electron chi connectivity index (χ4n) is 2.99. The van der Waals surface area contributed by atoms with Crippen LogP contribution < -0.4 is 16.4 Å². The van der Waals surface area contributed by atoms with E-state index < -0.39 is 17.8 Å². The van der Waals surface area contributed by atoms with Gasteiger partial charge in [0.05, 0.1) is 9.45 Å². The van der Waals surface area contributed by atoms with Crippen molar-refractivity contribution in [3.8, 4) is 0 Å². The van der Waals surface area contributed by atoms with Crippen molar-refractivity contribution in [3.05, 3.63) is 40.7 Å².